The first-order valence-electron chi connectivity index (χ1n) is 12.5. The van der Waals surface area contributed by atoms with Crippen LogP contribution in [0.4, 0.5) is 0 Å². The average Bonchev–Trinajstić information content (AvgIpc) is 3.68. The Morgan fingerprint density at radius 3 is 2.49 bits per heavy atom. The van der Waals surface area contributed by atoms with Gasteiger partial charge in [0.05, 0.1) is 11.8 Å². The minimum atomic E-state index is -0.806. The molecule has 1 aliphatic heterocycles. The van der Waals surface area contributed by atoms with Gasteiger partial charge in [-0.05, 0) is 43.9 Å². The van der Waals surface area contributed by atoms with E-state index in [0.717, 1.165) is 31.4 Å². The topological polar surface area (TPSA) is 139 Å². The van der Waals surface area contributed by atoms with Gasteiger partial charge in [0, 0.05) is 32.0 Å². The van der Waals surface area contributed by atoms with Crippen molar-refractivity contribution in [3.05, 3.63) is 23.6 Å². The van der Waals surface area contributed by atoms with Crippen LogP contribution in [0.15, 0.2) is 10.7 Å². The van der Waals surface area contributed by atoms with Gasteiger partial charge in [-0.15, -0.1) is 5.10 Å². The Hall–Kier alpha value is -2.82. The second kappa shape index (κ2) is 8.39. The van der Waals surface area contributed by atoms with E-state index in [0.29, 0.717) is 17.6 Å². The summed E-state index contributed by atoms with van der Waals surface area (Å²) >= 11 is 0. The summed E-state index contributed by atoms with van der Waals surface area (Å²) in [6.07, 6.45) is 5.32. The molecule has 1 saturated heterocycles. The van der Waals surface area contributed by atoms with E-state index >= 15 is 0 Å². The van der Waals surface area contributed by atoms with Gasteiger partial charge >= 0.3 is 0 Å². The molecular weight excluding hydrogens is 450 g/mol. The Bertz CT molecular complexity index is 1110. The maximum Gasteiger partial charge on any atom is 0.248 e. The smallest absolute Gasteiger partial charge is 0.248 e. The van der Waals surface area contributed by atoms with Gasteiger partial charge in [0.2, 0.25) is 17.7 Å². The van der Waals surface area contributed by atoms with Gasteiger partial charge < -0.3 is 19.8 Å². The van der Waals surface area contributed by atoms with Crippen LogP contribution in [0.2, 0.25) is 0 Å². The van der Waals surface area contributed by atoms with Crippen molar-refractivity contribution >= 4 is 11.8 Å². The minimum Gasteiger partial charge on any atom is -0.391 e. The molecule has 35 heavy (non-hydrogen) atoms. The van der Waals surface area contributed by atoms with Crippen molar-refractivity contribution in [3.63, 3.8) is 0 Å². The van der Waals surface area contributed by atoms with Crippen LogP contribution in [0.5, 0.6) is 0 Å². The lowest BCUT2D eigenvalue weighted by molar-refractivity contribution is -0.144. The fraction of sp³-hybridized carbons (Fsp3) is 0.750. The van der Waals surface area contributed by atoms with Crippen molar-refractivity contribution < 1.29 is 19.2 Å². The molecule has 190 valence electrons. The highest BCUT2D eigenvalue weighted by molar-refractivity contribution is 5.90. The second-order valence-corrected chi connectivity index (χ2v) is 11.7. The first kappa shape index (κ1) is 23.9. The quantitative estimate of drug-likeness (QED) is 0.606. The summed E-state index contributed by atoms with van der Waals surface area (Å²) in [5, 5.41) is 26.3. The number of rotatable bonds is 7. The largest absolute Gasteiger partial charge is 0.391 e. The summed E-state index contributed by atoms with van der Waals surface area (Å²) < 4.78 is 6.81. The van der Waals surface area contributed by atoms with Crippen molar-refractivity contribution in [2.24, 2.45) is 11.3 Å². The van der Waals surface area contributed by atoms with Crippen molar-refractivity contribution in [2.75, 3.05) is 6.54 Å². The normalized spacial score (nSPS) is 25.4. The number of amides is 2. The number of aryl methyl sites for hydroxylation is 1. The molecule has 2 aliphatic carbocycles. The van der Waals surface area contributed by atoms with Crippen LogP contribution in [0, 0.1) is 18.3 Å². The lowest BCUT2D eigenvalue weighted by Gasteiger charge is -2.36. The van der Waals surface area contributed by atoms with Crippen LogP contribution in [0.1, 0.15) is 89.2 Å². The molecule has 5 rings (SSSR count). The Morgan fingerprint density at radius 2 is 1.91 bits per heavy atom. The van der Waals surface area contributed by atoms with Crippen molar-refractivity contribution in [1.29, 1.82) is 0 Å². The number of β-amino-alcohol motifs (C(OH)–C–C–N with tert-alkyl or cyclic N) is 1. The Labute approximate surface area is 204 Å². The fourth-order valence-corrected chi connectivity index (χ4v) is 5.18. The summed E-state index contributed by atoms with van der Waals surface area (Å²) in [6, 6.07) is -1.46. The number of hydrogen-bond donors (Lipinski definition) is 2. The molecule has 0 aromatic carbocycles. The standard InChI is InChI=1S/C24H35N7O4/c1-13-25-22(28-35-13)24(5,15-8-9-15)26-20(33)18-10-16(32)11-30(18)21(34)19(23(2,3)4)31-12-17(27-29-31)14-6-7-14/h12,14-16,18-19,32H,6-11H2,1-5H3,(H,26,33)/t16?,18?,19-,24?/m1/s1. The van der Waals surface area contributed by atoms with Gasteiger partial charge in [-0.3, -0.25) is 9.59 Å². The van der Waals surface area contributed by atoms with Gasteiger partial charge in [-0.1, -0.05) is 31.1 Å². The number of aliphatic hydroxyl groups is 1. The first-order chi connectivity index (χ1) is 16.5. The van der Waals surface area contributed by atoms with Crippen LogP contribution in [0.3, 0.4) is 0 Å². The van der Waals surface area contributed by atoms with Crippen LogP contribution >= 0.6 is 0 Å². The molecule has 2 N–H and O–H groups in total. The van der Waals surface area contributed by atoms with Crippen LogP contribution in [-0.4, -0.2) is 65.6 Å². The highest BCUT2D eigenvalue weighted by Crippen LogP contribution is 2.45. The molecule has 2 aromatic heterocycles. The van der Waals surface area contributed by atoms with E-state index in [4.69, 9.17) is 4.52 Å². The number of hydrogen-bond acceptors (Lipinski definition) is 8. The maximum absolute atomic E-state index is 13.9. The Balaban J connectivity index is 1.40. The molecule has 3 aliphatic rings. The van der Waals surface area contributed by atoms with E-state index in [2.05, 4.69) is 25.8 Å². The third-order valence-electron chi connectivity index (χ3n) is 7.48. The zero-order chi connectivity index (χ0) is 25.1. The number of aliphatic hydroxyl groups excluding tert-OH is 1. The maximum atomic E-state index is 13.9. The molecule has 2 aromatic rings. The molecular formula is C24H35N7O4. The Morgan fingerprint density at radius 1 is 1.20 bits per heavy atom. The lowest BCUT2D eigenvalue weighted by atomic mass is 9.85. The van der Waals surface area contributed by atoms with E-state index in [9.17, 15) is 14.7 Å². The Kier molecular flexibility index (Phi) is 5.73. The number of nitrogens with zero attached hydrogens (tertiary/aromatic N) is 6. The molecule has 2 amide bonds. The van der Waals surface area contributed by atoms with E-state index in [1.807, 2.05) is 33.9 Å². The van der Waals surface area contributed by atoms with E-state index in [-0.39, 0.29) is 30.7 Å². The third-order valence-corrected chi connectivity index (χ3v) is 7.48. The summed E-state index contributed by atoms with van der Waals surface area (Å²) in [5.41, 5.74) is -0.380. The second-order valence-electron chi connectivity index (χ2n) is 11.7. The van der Waals surface area contributed by atoms with Crippen molar-refractivity contribution in [3.8, 4) is 0 Å². The highest BCUT2D eigenvalue weighted by Gasteiger charge is 2.51. The van der Waals surface area contributed by atoms with Crippen LogP contribution < -0.4 is 5.32 Å². The zero-order valence-electron chi connectivity index (χ0n) is 21.1. The number of likely N-dealkylation sites (tertiary alicyclic amines) is 1. The number of aromatic nitrogens is 5. The summed E-state index contributed by atoms with van der Waals surface area (Å²) in [4.78, 5) is 33.4. The highest BCUT2D eigenvalue weighted by atomic mass is 16.5. The van der Waals surface area contributed by atoms with E-state index < -0.39 is 29.1 Å². The van der Waals surface area contributed by atoms with Gasteiger partial charge in [-0.25, -0.2) is 4.68 Å². The van der Waals surface area contributed by atoms with Gasteiger partial charge in [0.15, 0.2) is 5.82 Å². The average molecular weight is 486 g/mol. The van der Waals surface area contributed by atoms with Gasteiger partial charge in [-0.2, -0.15) is 4.98 Å². The summed E-state index contributed by atoms with van der Waals surface area (Å²) in [7, 11) is 0. The molecule has 11 nitrogen and oxygen atoms in total. The molecule has 11 heteroatoms. The molecule has 0 spiro atoms. The van der Waals surface area contributed by atoms with Crippen molar-refractivity contribution in [2.45, 2.75) is 96.4 Å². The molecule has 2 saturated carbocycles. The summed E-state index contributed by atoms with van der Waals surface area (Å²) in [6.45, 7) is 9.62. The van der Waals surface area contributed by atoms with E-state index in [1.54, 1.807) is 11.6 Å². The number of carbonyl (C=O) groups is 2. The molecule has 0 bridgehead atoms. The minimum absolute atomic E-state index is 0.0924. The molecule has 3 unspecified atom stereocenters. The van der Waals surface area contributed by atoms with Crippen LogP contribution in [-0.2, 0) is 15.1 Å². The molecule has 3 fully saturated rings. The predicted molar refractivity (Wildman–Crippen MR) is 124 cm³/mol. The molecule has 4 atom stereocenters. The van der Waals surface area contributed by atoms with Gasteiger partial charge in [0.1, 0.15) is 17.6 Å². The number of nitrogens with one attached hydrogen (secondary N) is 1. The summed E-state index contributed by atoms with van der Waals surface area (Å²) in [5.74, 6) is 0.907. The fourth-order valence-electron chi connectivity index (χ4n) is 5.18. The number of carbonyl (C=O) groups excluding carboxylic acids is 2. The van der Waals surface area contributed by atoms with E-state index in [1.165, 1.54) is 4.90 Å². The lowest BCUT2D eigenvalue weighted by Crippen LogP contribution is -2.55. The molecule has 0 radical (unpaired) electrons. The predicted octanol–water partition coefficient (Wildman–Crippen LogP) is 1.84. The monoisotopic (exact) mass is 485 g/mol. The first-order valence-corrected chi connectivity index (χ1v) is 12.5. The van der Waals surface area contributed by atoms with Crippen LogP contribution in [0.25, 0.3) is 0 Å². The zero-order valence-corrected chi connectivity index (χ0v) is 21.1. The van der Waals surface area contributed by atoms with Crippen molar-refractivity contribution in [1.82, 2.24) is 35.4 Å². The molecule has 3 heterocycles. The SMILES string of the molecule is Cc1nc(C(C)(NC(=O)C2CC(O)CN2C(=O)[C@@H](n2cc(C3CC3)nn2)C(C)(C)C)C2CC2)no1. The third kappa shape index (κ3) is 4.57. The van der Waals surface area contributed by atoms with Gasteiger partial charge in [0.25, 0.3) is 0 Å².